The van der Waals surface area contributed by atoms with Gasteiger partial charge in [-0.05, 0) is 63.0 Å². The summed E-state index contributed by atoms with van der Waals surface area (Å²) in [7, 11) is 3.39. The highest BCUT2D eigenvalue weighted by Gasteiger charge is 2.82. The van der Waals surface area contributed by atoms with Crippen LogP contribution < -0.4 is 0 Å². The molecule has 8 rings (SSSR count). The van der Waals surface area contributed by atoms with Crippen LogP contribution in [0.2, 0.25) is 0 Å². The Hall–Kier alpha value is -4.24. The van der Waals surface area contributed by atoms with E-state index in [1.165, 1.54) is 19.6 Å². The maximum Gasteiger partial charge on any atom is 0.305 e. The topological polar surface area (TPSA) is 109 Å². The van der Waals surface area contributed by atoms with Gasteiger partial charge in [-0.15, -0.1) is 0 Å². The third-order valence-corrected chi connectivity index (χ3v) is 12.6. The number of furan rings is 1. The number of aliphatic imine (C=N–C) groups is 1. The van der Waals surface area contributed by atoms with Gasteiger partial charge in [0.1, 0.15) is 23.7 Å². The molecular formula is C37H38N2O7. The van der Waals surface area contributed by atoms with Crippen LogP contribution >= 0.6 is 0 Å². The van der Waals surface area contributed by atoms with Crippen molar-refractivity contribution in [1.29, 1.82) is 0 Å². The van der Waals surface area contributed by atoms with Crippen molar-refractivity contribution in [2.24, 2.45) is 34.2 Å². The van der Waals surface area contributed by atoms with E-state index in [0.717, 1.165) is 45.2 Å². The monoisotopic (exact) mass is 622 g/mol. The van der Waals surface area contributed by atoms with Crippen molar-refractivity contribution in [2.75, 3.05) is 7.11 Å². The third kappa shape index (κ3) is 3.19. The second kappa shape index (κ2) is 9.41. The molecule has 1 saturated carbocycles. The molecule has 2 fully saturated rings. The standard InChI is InChI=1S/C37H38N2O7/c1-20-24(23-12-15-44-31(23)22-8-7-9-25-21(22)11-14-39(25)5)16-26-30(20)35(3)27(17-29(42)43-6)36(4)28(41)10-13-34(2,18-40)37(36)33(32(35)46-26)45-19-38-37/h7-15,18-19,24,26-27,32-33H,16-17H2,1-6H3/t24-,26-,27+,32-,33+,34+,35-,36+,37-/m1/s1. The number of aromatic nitrogens is 1. The SMILES string of the molecule is COC(=O)C[C@H]1[C@]2(C)C3=C(C)[C@H](c4ccoc4-c4cccc5c4ccn5C)C[C@H]3O[C@@H]2[C@@H]2OC=N[C@@]23[C@](C)(C=O)C=CC(=O)[C@]13C. The molecule has 2 aromatic heterocycles. The van der Waals surface area contributed by atoms with Crippen LogP contribution in [0.1, 0.15) is 52.0 Å². The van der Waals surface area contributed by atoms with Gasteiger partial charge in [0.2, 0.25) is 0 Å². The number of ketones is 1. The first-order chi connectivity index (χ1) is 22.0. The number of allylic oxidation sites excluding steroid dienone is 2. The Morgan fingerprint density at radius 2 is 1.98 bits per heavy atom. The summed E-state index contributed by atoms with van der Waals surface area (Å²) in [6.45, 7) is 7.90. The van der Waals surface area contributed by atoms with Gasteiger partial charge < -0.3 is 28.0 Å². The number of aryl methyl sites for hydroxylation is 1. The zero-order chi connectivity index (χ0) is 32.4. The van der Waals surface area contributed by atoms with Gasteiger partial charge in [-0.2, -0.15) is 0 Å². The molecule has 238 valence electrons. The highest BCUT2D eigenvalue weighted by Crippen LogP contribution is 2.73. The van der Waals surface area contributed by atoms with Gasteiger partial charge in [-0.25, -0.2) is 4.99 Å². The van der Waals surface area contributed by atoms with Crippen molar-refractivity contribution in [1.82, 2.24) is 4.57 Å². The van der Waals surface area contributed by atoms with Gasteiger partial charge in [0, 0.05) is 46.6 Å². The summed E-state index contributed by atoms with van der Waals surface area (Å²) < 4.78 is 26.9. The predicted octanol–water partition coefficient (Wildman–Crippen LogP) is 5.73. The van der Waals surface area contributed by atoms with Crippen LogP contribution in [0.25, 0.3) is 22.2 Å². The number of nitrogens with zero attached hydrogens (tertiary/aromatic N) is 2. The number of hydrogen-bond donors (Lipinski definition) is 0. The van der Waals surface area contributed by atoms with Gasteiger partial charge in [-0.3, -0.25) is 9.59 Å². The Balaban J connectivity index is 1.31. The molecule has 0 radical (unpaired) electrons. The Labute approximate surface area is 267 Å². The largest absolute Gasteiger partial charge is 0.475 e. The number of hydrogen-bond acceptors (Lipinski definition) is 8. The molecular weight excluding hydrogens is 584 g/mol. The maximum absolute atomic E-state index is 14.3. The number of ether oxygens (including phenoxy) is 3. The number of fused-ring (bicyclic) bond motifs is 5. The van der Waals surface area contributed by atoms with Gasteiger partial charge in [-0.1, -0.05) is 30.7 Å². The van der Waals surface area contributed by atoms with Gasteiger partial charge in [0.15, 0.2) is 18.3 Å². The molecule has 1 saturated heterocycles. The van der Waals surface area contributed by atoms with Gasteiger partial charge >= 0.3 is 5.97 Å². The summed E-state index contributed by atoms with van der Waals surface area (Å²) in [5.74, 6) is -0.392. The quantitative estimate of drug-likeness (QED) is 0.203. The smallest absolute Gasteiger partial charge is 0.305 e. The van der Waals surface area contributed by atoms with Crippen LogP contribution in [0.15, 0.2) is 75.5 Å². The second-order valence-corrected chi connectivity index (χ2v) is 14.3. The summed E-state index contributed by atoms with van der Waals surface area (Å²) in [4.78, 5) is 45.3. The number of rotatable bonds is 5. The molecule has 3 aliphatic carbocycles. The molecule has 0 unspecified atom stereocenters. The van der Waals surface area contributed by atoms with E-state index in [4.69, 9.17) is 23.6 Å². The van der Waals surface area contributed by atoms with E-state index in [0.29, 0.717) is 6.42 Å². The minimum absolute atomic E-state index is 0.00768. The lowest BCUT2D eigenvalue weighted by Crippen LogP contribution is -2.77. The molecule has 4 heterocycles. The number of aldehydes is 1. The highest BCUT2D eigenvalue weighted by molar-refractivity contribution is 6.01. The summed E-state index contributed by atoms with van der Waals surface area (Å²) in [5, 5.41) is 1.11. The third-order valence-electron chi connectivity index (χ3n) is 12.6. The molecule has 9 atom stereocenters. The van der Waals surface area contributed by atoms with Gasteiger partial charge in [0.25, 0.3) is 0 Å². The molecule has 9 nitrogen and oxygen atoms in total. The van der Waals surface area contributed by atoms with E-state index in [-0.39, 0.29) is 24.2 Å². The van der Waals surface area contributed by atoms with Crippen LogP contribution in [0.5, 0.6) is 0 Å². The molecule has 3 aromatic rings. The fourth-order valence-corrected chi connectivity index (χ4v) is 10.4. The Kier molecular flexibility index (Phi) is 5.97. The van der Waals surface area contributed by atoms with Crippen LogP contribution in [0, 0.1) is 22.2 Å². The molecule has 2 aliphatic heterocycles. The average molecular weight is 623 g/mol. The molecule has 0 amide bonds. The van der Waals surface area contributed by atoms with Crippen LogP contribution in [0.4, 0.5) is 0 Å². The Bertz CT molecular complexity index is 1930. The molecule has 0 bridgehead atoms. The van der Waals surface area contributed by atoms with Crippen molar-refractivity contribution < 1.29 is 33.0 Å². The zero-order valence-corrected chi connectivity index (χ0v) is 26.9. The lowest BCUT2D eigenvalue weighted by Gasteiger charge is -2.65. The van der Waals surface area contributed by atoms with Crippen molar-refractivity contribution in [3.63, 3.8) is 0 Å². The summed E-state index contributed by atoms with van der Waals surface area (Å²) >= 11 is 0. The van der Waals surface area contributed by atoms with Crippen molar-refractivity contribution in [3.05, 3.63) is 71.7 Å². The number of esters is 1. The molecule has 1 spiro atoms. The summed E-state index contributed by atoms with van der Waals surface area (Å²) in [5.41, 5.74) is 0.904. The van der Waals surface area contributed by atoms with Crippen LogP contribution in [-0.4, -0.2) is 60.0 Å². The first kappa shape index (κ1) is 29.2. The lowest BCUT2D eigenvalue weighted by molar-refractivity contribution is -0.204. The minimum Gasteiger partial charge on any atom is -0.475 e. The Morgan fingerprint density at radius 3 is 2.74 bits per heavy atom. The van der Waals surface area contributed by atoms with E-state index in [1.807, 2.05) is 26.1 Å². The number of carbonyl (C=O) groups excluding carboxylic acids is 3. The second-order valence-electron chi connectivity index (χ2n) is 14.3. The first-order valence-corrected chi connectivity index (χ1v) is 15.9. The predicted molar refractivity (Wildman–Crippen MR) is 170 cm³/mol. The van der Waals surface area contributed by atoms with Crippen LogP contribution in [0.3, 0.4) is 0 Å². The van der Waals surface area contributed by atoms with Crippen molar-refractivity contribution >= 4 is 35.3 Å². The van der Waals surface area contributed by atoms with E-state index in [2.05, 4.69) is 42.8 Å². The molecule has 9 heteroatoms. The molecule has 46 heavy (non-hydrogen) atoms. The average Bonchev–Trinajstić information content (AvgIpc) is 3.87. The maximum atomic E-state index is 14.3. The normalized spacial score (nSPS) is 38.8. The van der Waals surface area contributed by atoms with E-state index < -0.39 is 45.9 Å². The first-order valence-electron chi connectivity index (χ1n) is 15.9. The fourth-order valence-electron chi connectivity index (χ4n) is 10.4. The zero-order valence-electron chi connectivity index (χ0n) is 26.9. The van der Waals surface area contributed by atoms with Crippen molar-refractivity contribution in [2.45, 2.75) is 70.3 Å². The minimum atomic E-state index is -1.30. The highest BCUT2D eigenvalue weighted by atomic mass is 16.6. The number of benzene rings is 1. The fraction of sp³-hybridized carbons (Fsp3) is 0.459. The molecule has 5 aliphatic rings. The number of carbonyl (C=O) groups is 3. The Morgan fingerprint density at radius 1 is 1.17 bits per heavy atom. The summed E-state index contributed by atoms with van der Waals surface area (Å²) in [6, 6.07) is 10.4. The lowest BCUT2D eigenvalue weighted by atomic mass is 9.38. The van der Waals surface area contributed by atoms with E-state index in [9.17, 15) is 14.4 Å². The summed E-state index contributed by atoms with van der Waals surface area (Å²) in [6.07, 6.45) is 8.23. The van der Waals surface area contributed by atoms with Gasteiger partial charge in [0.05, 0.1) is 36.7 Å². The van der Waals surface area contributed by atoms with E-state index in [1.54, 1.807) is 19.3 Å². The molecule has 0 N–H and O–H groups in total. The van der Waals surface area contributed by atoms with Crippen LogP contribution in [-0.2, 0) is 35.6 Å². The van der Waals surface area contributed by atoms with E-state index >= 15 is 0 Å². The molecule has 1 aromatic carbocycles. The number of methoxy groups -OCH3 is 1. The van der Waals surface area contributed by atoms with Crippen molar-refractivity contribution in [3.8, 4) is 11.3 Å².